The first-order chi connectivity index (χ1) is 12.7. The van der Waals surface area contributed by atoms with Gasteiger partial charge in [-0.25, -0.2) is 4.98 Å². The summed E-state index contributed by atoms with van der Waals surface area (Å²) in [7, 11) is 0. The van der Waals surface area contributed by atoms with Crippen LogP contribution in [0.4, 0.5) is 0 Å². The van der Waals surface area contributed by atoms with Crippen LogP contribution in [0.25, 0.3) is 11.0 Å². The molecule has 1 saturated heterocycles. The van der Waals surface area contributed by atoms with Crippen LogP contribution < -0.4 is 10.6 Å². The third kappa shape index (κ3) is 2.73. The number of aromatic nitrogens is 2. The lowest BCUT2D eigenvalue weighted by Gasteiger charge is -2.23. The van der Waals surface area contributed by atoms with E-state index in [-0.39, 0.29) is 11.8 Å². The highest BCUT2D eigenvalue weighted by atomic mass is 16.2. The van der Waals surface area contributed by atoms with Gasteiger partial charge in [-0.05, 0) is 68.3 Å². The normalized spacial score (nSPS) is 24.1. The van der Waals surface area contributed by atoms with Gasteiger partial charge in [0.25, 0.3) is 0 Å². The van der Waals surface area contributed by atoms with Gasteiger partial charge >= 0.3 is 0 Å². The molecule has 2 saturated carbocycles. The highest BCUT2D eigenvalue weighted by molar-refractivity contribution is 5.83. The molecule has 0 radical (unpaired) electrons. The van der Waals surface area contributed by atoms with Gasteiger partial charge in [-0.15, -0.1) is 0 Å². The molecule has 2 aromatic rings. The number of imidazole rings is 1. The van der Waals surface area contributed by atoms with Crippen LogP contribution in [0.15, 0.2) is 18.2 Å². The number of nitrogens with one attached hydrogen (secondary N) is 2. The fourth-order valence-electron chi connectivity index (χ4n) is 4.80. The molecular formula is C21H28N4O. The van der Waals surface area contributed by atoms with Crippen molar-refractivity contribution in [2.75, 3.05) is 13.1 Å². The summed E-state index contributed by atoms with van der Waals surface area (Å²) < 4.78 is 2.42. The van der Waals surface area contributed by atoms with Gasteiger partial charge in [0.2, 0.25) is 5.91 Å². The Morgan fingerprint density at radius 3 is 2.88 bits per heavy atom. The molecule has 5 rings (SSSR count). The lowest BCUT2D eigenvalue weighted by Crippen LogP contribution is -2.33. The SMILES string of the molecule is CCc1nc2cc(CNC(=O)C3CC34CCNCC4)ccc2n1C1CC1. The predicted molar refractivity (Wildman–Crippen MR) is 102 cm³/mol. The molecule has 26 heavy (non-hydrogen) atoms. The summed E-state index contributed by atoms with van der Waals surface area (Å²) in [5.74, 6) is 1.66. The predicted octanol–water partition coefficient (Wildman–Crippen LogP) is 2.94. The molecule has 138 valence electrons. The number of rotatable bonds is 5. The minimum Gasteiger partial charge on any atom is -0.352 e. The van der Waals surface area contributed by atoms with Gasteiger partial charge in [0.1, 0.15) is 5.82 Å². The molecule has 1 aromatic heterocycles. The van der Waals surface area contributed by atoms with Crippen molar-refractivity contribution in [1.82, 2.24) is 20.2 Å². The molecule has 1 atom stereocenters. The summed E-state index contributed by atoms with van der Waals surface area (Å²) in [5.41, 5.74) is 3.77. The van der Waals surface area contributed by atoms with Crippen LogP contribution in [0, 0.1) is 11.3 Å². The second kappa shape index (κ2) is 6.08. The third-order valence-electron chi connectivity index (χ3n) is 6.63. The van der Waals surface area contributed by atoms with Crippen LogP contribution in [-0.4, -0.2) is 28.5 Å². The van der Waals surface area contributed by atoms with Crippen molar-refractivity contribution >= 4 is 16.9 Å². The zero-order valence-electron chi connectivity index (χ0n) is 15.6. The Hall–Kier alpha value is -1.88. The number of nitrogens with zero attached hydrogens (tertiary/aromatic N) is 2. The molecule has 1 aromatic carbocycles. The average Bonchev–Trinajstić information content (AvgIpc) is 3.58. The molecule has 1 aliphatic heterocycles. The summed E-state index contributed by atoms with van der Waals surface area (Å²) in [5, 5.41) is 6.57. The van der Waals surface area contributed by atoms with Crippen molar-refractivity contribution in [3.05, 3.63) is 29.6 Å². The topological polar surface area (TPSA) is 59.0 Å². The maximum Gasteiger partial charge on any atom is 0.223 e. The van der Waals surface area contributed by atoms with Gasteiger partial charge in [0.15, 0.2) is 0 Å². The first kappa shape index (κ1) is 16.3. The number of aryl methyl sites for hydroxylation is 1. The Kier molecular flexibility index (Phi) is 3.82. The van der Waals surface area contributed by atoms with Crippen molar-refractivity contribution in [2.45, 2.75) is 58.0 Å². The van der Waals surface area contributed by atoms with Crippen LogP contribution >= 0.6 is 0 Å². The smallest absolute Gasteiger partial charge is 0.223 e. The molecule has 2 N–H and O–H groups in total. The number of piperidine rings is 1. The number of hydrogen-bond acceptors (Lipinski definition) is 3. The van der Waals surface area contributed by atoms with E-state index in [1.165, 1.54) is 24.2 Å². The van der Waals surface area contributed by atoms with Gasteiger partial charge in [-0.2, -0.15) is 0 Å². The van der Waals surface area contributed by atoms with E-state index in [9.17, 15) is 4.79 Å². The summed E-state index contributed by atoms with van der Waals surface area (Å²) in [6.07, 6.45) is 6.88. The van der Waals surface area contributed by atoms with Gasteiger partial charge in [-0.1, -0.05) is 13.0 Å². The van der Waals surface area contributed by atoms with E-state index in [2.05, 4.69) is 40.3 Å². The number of carbonyl (C=O) groups is 1. The lowest BCUT2D eigenvalue weighted by atomic mass is 9.92. The first-order valence-corrected chi connectivity index (χ1v) is 10.2. The van der Waals surface area contributed by atoms with Crippen LogP contribution in [0.3, 0.4) is 0 Å². The van der Waals surface area contributed by atoms with Crippen LogP contribution in [0.1, 0.15) is 56.5 Å². The monoisotopic (exact) mass is 352 g/mol. The van der Waals surface area contributed by atoms with Crippen molar-refractivity contribution in [3.8, 4) is 0 Å². The molecule has 0 bridgehead atoms. The molecule has 1 unspecified atom stereocenters. The third-order valence-corrected chi connectivity index (χ3v) is 6.63. The number of hydrogen-bond donors (Lipinski definition) is 2. The number of carbonyl (C=O) groups excluding carboxylic acids is 1. The van der Waals surface area contributed by atoms with Crippen molar-refractivity contribution in [2.24, 2.45) is 11.3 Å². The molecule has 1 spiro atoms. The second-order valence-electron chi connectivity index (χ2n) is 8.39. The Morgan fingerprint density at radius 1 is 1.35 bits per heavy atom. The Morgan fingerprint density at radius 2 is 2.15 bits per heavy atom. The molecular weight excluding hydrogens is 324 g/mol. The highest BCUT2D eigenvalue weighted by Gasteiger charge is 2.57. The van der Waals surface area contributed by atoms with E-state index in [1.54, 1.807) is 0 Å². The van der Waals surface area contributed by atoms with E-state index < -0.39 is 0 Å². The highest BCUT2D eigenvalue weighted by Crippen LogP contribution is 2.58. The second-order valence-corrected chi connectivity index (χ2v) is 8.39. The Bertz CT molecular complexity index is 845. The zero-order valence-corrected chi connectivity index (χ0v) is 15.6. The van der Waals surface area contributed by atoms with E-state index in [1.807, 2.05) is 0 Å². The summed E-state index contributed by atoms with van der Waals surface area (Å²) in [6.45, 7) is 4.90. The minimum atomic E-state index is 0.231. The fraction of sp³-hybridized carbons (Fsp3) is 0.619. The Labute approximate surface area is 154 Å². The van der Waals surface area contributed by atoms with Crippen LogP contribution in [0.5, 0.6) is 0 Å². The lowest BCUT2D eigenvalue weighted by molar-refractivity contribution is -0.123. The average molecular weight is 352 g/mol. The molecule has 5 heteroatoms. The first-order valence-electron chi connectivity index (χ1n) is 10.2. The number of fused-ring (bicyclic) bond motifs is 1. The van der Waals surface area contributed by atoms with Gasteiger partial charge < -0.3 is 15.2 Å². The number of amides is 1. The largest absolute Gasteiger partial charge is 0.352 e. The zero-order chi connectivity index (χ0) is 17.7. The Balaban J connectivity index is 1.27. The molecule has 2 aliphatic carbocycles. The molecule has 1 amide bonds. The molecule has 3 fully saturated rings. The van der Waals surface area contributed by atoms with Gasteiger partial charge in [0, 0.05) is 24.9 Å². The van der Waals surface area contributed by atoms with Crippen LogP contribution in [-0.2, 0) is 17.8 Å². The van der Waals surface area contributed by atoms with E-state index >= 15 is 0 Å². The van der Waals surface area contributed by atoms with Crippen molar-refractivity contribution in [1.29, 1.82) is 0 Å². The van der Waals surface area contributed by atoms with E-state index in [0.29, 0.717) is 18.0 Å². The standard InChI is InChI=1S/C21H28N4O/c1-2-19-24-17-11-14(3-6-18(17)25(19)15-4-5-15)13-23-20(26)16-12-21(16)7-9-22-10-8-21/h3,6,11,15-16,22H,2,4-5,7-10,12-13H2,1H3,(H,23,26). The van der Waals surface area contributed by atoms with E-state index in [0.717, 1.165) is 49.9 Å². The van der Waals surface area contributed by atoms with Crippen molar-refractivity contribution in [3.63, 3.8) is 0 Å². The molecule has 5 nitrogen and oxygen atoms in total. The molecule has 2 heterocycles. The van der Waals surface area contributed by atoms with Gasteiger partial charge in [0.05, 0.1) is 11.0 Å². The van der Waals surface area contributed by atoms with E-state index in [4.69, 9.17) is 4.98 Å². The maximum atomic E-state index is 12.6. The maximum absolute atomic E-state index is 12.6. The quantitative estimate of drug-likeness (QED) is 0.870. The summed E-state index contributed by atoms with van der Waals surface area (Å²) >= 11 is 0. The molecule has 3 aliphatic rings. The minimum absolute atomic E-state index is 0.231. The summed E-state index contributed by atoms with van der Waals surface area (Å²) in [4.78, 5) is 17.4. The fourth-order valence-corrected chi connectivity index (χ4v) is 4.80. The van der Waals surface area contributed by atoms with Gasteiger partial charge in [-0.3, -0.25) is 4.79 Å². The summed E-state index contributed by atoms with van der Waals surface area (Å²) in [6, 6.07) is 7.14. The van der Waals surface area contributed by atoms with Crippen molar-refractivity contribution < 1.29 is 4.79 Å². The number of benzene rings is 1. The van der Waals surface area contributed by atoms with Crippen LogP contribution in [0.2, 0.25) is 0 Å².